The summed E-state index contributed by atoms with van der Waals surface area (Å²) in [5.74, 6) is 0.674. The maximum Gasteiger partial charge on any atom is 0.252 e. The molecule has 11 heteroatoms. The lowest BCUT2D eigenvalue weighted by molar-refractivity contribution is -0.129. The van der Waals surface area contributed by atoms with Crippen molar-refractivity contribution in [1.29, 1.82) is 0 Å². The summed E-state index contributed by atoms with van der Waals surface area (Å²) >= 11 is 0. The lowest BCUT2D eigenvalue weighted by Gasteiger charge is -2.34. The van der Waals surface area contributed by atoms with Crippen LogP contribution in [-0.4, -0.2) is 52.5 Å². The topological polar surface area (TPSA) is 149 Å². The number of rotatable bonds is 5. The molecule has 0 bridgehead atoms. The van der Waals surface area contributed by atoms with E-state index in [4.69, 9.17) is 10.2 Å². The van der Waals surface area contributed by atoms with Crippen LogP contribution in [0.15, 0.2) is 59.3 Å². The Morgan fingerprint density at radius 1 is 1.14 bits per heavy atom. The molecule has 0 aliphatic heterocycles. The second-order valence-electron chi connectivity index (χ2n) is 9.28. The first-order chi connectivity index (χ1) is 17.5. The average molecular weight is 487 g/mol. The van der Waals surface area contributed by atoms with E-state index in [-0.39, 0.29) is 17.9 Å². The van der Waals surface area contributed by atoms with Crippen LogP contribution in [0, 0.1) is 0 Å². The minimum Gasteiger partial charge on any atom is -0.461 e. The Balaban J connectivity index is 1.51. The van der Waals surface area contributed by atoms with Gasteiger partial charge in [-0.25, -0.2) is 9.67 Å². The highest BCUT2D eigenvalue weighted by Crippen LogP contribution is 2.32. The van der Waals surface area contributed by atoms with E-state index in [9.17, 15) is 9.90 Å². The van der Waals surface area contributed by atoms with Crippen molar-refractivity contribution >= 4 is 28.5 Å². The predicted molar refractivity (Wildman–Crippen MR) is 132 cm³/mol. The molecule has 5 aromatic rings. The Hall–Kier alpha value is -4.25. The molecule has 0 radical (unpaired) electrons. The third-order valence-electron chi connectivity index (χ3n) is 7.02. The van der Waals surface area contributed by atoms with Crippen molar-refractivity contribution in [3.05, 3.63) is 60.5 Å². The maximum absolute atomic E-state index is 13.9. The zero-order valence-electron chi connectivity index (χ0n) is 19.7. The van der Waals surface area contributed by atoms with Crippen LogP contribution >= 0.6 is 0 Å². The van der Waals surface area contributed by atoms with Gasteiger partial charge in [0.15, 0.2) is 22.6 Å². The lowest BCUT2D eigenvalue weighted by Crippen LogP contribution is -2.54. The van der Waals surface area contributed by atoms with Gasteiger partial charge in [0.05, 0.1) is 30.0 Å². The molecular weight excluding hydrogens is 460 g/mol. The van der Waals surface area contributed by atoms with Crippen LogP contribution in [0.1, 0.15) is 38.2 Å². The van der Waals surface area contributed by atoms with Gasteiger partial charge in [-0.15, -0.1) is 5.10 Å². The van der Waals surface area contributed by atoms with E-state index in [0.717, 1.165) is 24.8 Å². The van der Waals surface area contributed by atoms with E-state index < -0.39 is 11.6 Å². The fourth-order valence-electron chi connectivity index (χ4n) is 4.95. The number of aliphatic hydroxyl groups excluding tert-OH is 1. The zero-order valence-corrected chi connectivity index (χ0v) is 19.7. The van der Waals surface area contributed by atoms with Gasteiger partial charge < -0.3 is 20.6 Å². The van der Waals surface area contributed by atoms with E-state index in [0.29, 0.717) is 34.7 Å². The van der Waals surface area contributed by atoms with Gasteiger partial charge in [-0.2, -0.15) is 14.6 Å². The molecule has 36 heavy (non-hydrogen) atoms. The number of nitrogens with two attached hydrogens (primary N) is 1. The summed E-state index contributed by atoms with van der Waals surface area (Å²) in [5.41, 5.74) is 6.57. The average Bonchev–Trinajstić information content (AvgIpc) is 3.65. The van der Waals surface area contributed by atoms with Gasteiger partial charge in [0.1, 0.15) is 0 Å². The van der Waals surface area contributed by atoms with Gasteiger partial charge in [-0.05, 0) is 37.5 Å². The number of benzene rings is 1. The summed E-state index contributed by atoms with van der Waals surface area (Å²) < 4.78 is 8.44. The number of aliphatic hydroxyl groups is 1. The van der Waals surface area contributed by atoms with Crippen LogP contribution in [0.3, 0.4) is 0 Å². The van der Waals surface area contributed by atoms with Gasteiger partial charge in [0.2, 0.25) is 11.8 Å². The number of furan rings is 1. The van der Waals surface area contributed by atoms with Crippen molar-refractivity contribution < 1.29 is 14.3 Å². The Bertz CT molecular complexity index is 1540. The molecule has 3 atom stereocenters. The molecule has 1 unspecified atom stereocenters. The van der Waals surface area contributed by atoms with Crippen LogP contribution in [0.5, 0.6) is 0 Å². The van der Waals surface area contributed by atoms with Crippen LogP contribution in [0.2, 0.25) is 0 Å². The zero-order chi connectivity index (χ0) is 24.9. The number of carbonyl (C=O) groups excluding carboxylic acids is 1. The number of fused-ring (bicyclic) bond motifs is 3. The highest BCUT2D eigenvalue weighted by Gasteiger charge is 2.42. The van der Waals surface area contributed by atoms with Crippen molar-refractivity contribution in [1.82, 2.24) is 34.7 Å². The maximum atomic E-state index is 13.9. The summed E-state index contributed by atoms with van der Waals surface area (Å²) in [5, 5.41) is 23.2. The molecule has 4 N–H and O–H groups in total. The molecule has 0 spiro atoms. The smallest absolute Gasteiger partial charge is 0.252 e. The van der Waals surface area contributed by atoms with Gasteiger partial charge in [-0.1, -0.05) is 43.2 Å². The Morgan fingerprint density at radius 2 is 1.94 bits per heavy atom. The minimum atomic E-state index is -1.28. The second-order valence-corrected chi connectivity index (χ2v) is 9.28. The molecule has 1 aromatic carbocycles. The fourth-order valence-corrected chi connectivity index (χ4v) is 4.95. The first kappa shape index (κ1) is 22.2. The SMILES string of the molecule is CC(C(=O)N[C@H]1CCCC[C@H]1O)(c1ccccc1)n1ncc2c1nc(N)n1nc(-c3ccco3)nc21. The third kappa shape index (κ3) is 3.42. The molecular formula is C25H26N8O3. The Labute approximate surface area is 205 Å². The van der Waals surface area contributed by atoms with E-state index in [1.54, 1.807) is 36.2 Å². The molecule has 1 aliphatic rings. The number of amides is 1. The molecule has 1 aliphatic carbocycles. The highest BCUT2D eigenvalue weighted by atomic mass is 16.3. The number of nitrogens with one attached hydrogen (secondary N) is 1. The number of anilines is 1. The Morgan fingerprint density at radius 3 is 2.69 bits per heavy atom. The van der Waals surface area contributed by atoms with Gasteiger partial charge in [-0.3, -0.25) is 4.79 Å². The monoisotopic (exact) mass is 486 g/mol. The minimum absolute atomic E-state index is 0.100. The Kier molecular flexibility index (Phi) is 5.22. The number of hydrogen-bond donors (Lipinski definition) is 3. The fraction of sp³-hybridized carbons (Fsp3) is 0.320. The second kappa shape index (κ2) is 8.45. The van der Waals surface area contributed by atoms with Crippen LogP contribution in [0.25, 0.3) is 28.3 Å². The molecule has 1 saturated carbocycles. The standard InChI is InChI=1S/C25H26N8O3/c1-25(15-8-3-2-4-9-15,23(35)28-17-10-5-6-11-18(17)34)33-22-16(14-27-33)21-29-20(19-12-7-13-36-19)31-32(21)24(26)30-22/h2-4,7-9,12-14,17-18,34H,5-6,10-11H2,1H3,(H2,26,30)(H,28,35)/t17-,18+,25?/m0/s1. The van der Waals surface area contributed by atoms with Crippen molar-refractivity contribution in [3.8, 4) is 11.6 Å². The molecule has 4 heterocycles. The number of nitrogens with zero attached hydrogens (tertiary/aromatic N) is 6. The lowest BCUT2D eigenvalue weighted by atomic mass is 9.88. The van der Waals surface area contributed by atoms with Crippen molar-refractivity contribution in [2.24, 2.45) is 0 Å². The first-order valence-electron chi connectivity index (χ1n) is 12.0. The first-order valence-corrected chi connectivity index (χ1v) is 12.0. The summed E-state index contributed by atoms with van der Waals surface area (Å²) in [6, 6.07) is 12.6. The molecule has 11 nitrogen and oxygen atoms in total. The van der Waals surface area contributed by atoms with Gasteiger partial charge in [0, 0.05) is 0 Å². The van der Waals surface area contributed by atoms with Gasteiger partial charge in [0.25, 0.3) is 5.91 Å². The quantitative estimate of drug-likeness (QED) is 0.343. The molecule has 1 amide bonds. The van der Waals surface area contributed by atoms with Gasteiger partial charge >= 0.3 is 0 Å². The summed E-state index contributed by atoms with van der Waals surface area (Å²) in [6.45, 7) is 1.79. The number of hydrogen-bond acceptors (Lipinski definition) is 8. The van der Waals surface area contributed by atoms with Crippen molar-refractivity contribution in [3.63, 3.8) is 0 Å². The molecule has 0 saturated heterocycles. The normalized spacial score (nSPS) is 19.9. The van der Waals surface area contributed by atoms with Crippen LogP contribution in [0.4, 0.5) is 5.95 Å². The van der Waals surface area contributed by atoms with E-state index >= 15 is 0 Å². The highest BCUT2D eigenvalue weighted by molar-refractivity contribution is 5.94. The summed E-state index contributed by atoms with van der Waals surface area (Å²) in [4.78, 5) is 23.1. The molecule has 6 rings (SSSR count). The predicted octanol–water partition coefficient (Wildman–Crippen LogP) is 2.50. The number of nitrogen functional groups attached to an aromatic ring is 1. The molecule has 184 valence electrons. The van der Waals surface area contributed by atoms with Crippen molar-refractivity contribution in [2.75, 3.05) is 5.73 Å². The largest absolute Gasteiger partial charge is 0.461 e. The third-order valence-corrected chi connectivity index (χ3v) is 7.02. The van der Waals surface area contributed by atoms with E-state index in [2.05, 4.69) is 25.5 Å². The summed E-state index contributed by atoms with van der Waals surface area (Å²) in [7, 11) is 0. The van der Waals surface area contributed by atoms with E-state index in [1.807, 2.05) is 30.3 Å². The van der Waals surface area contributed by atoms with Crippen LogP contribution in [-0.2, 0) is 10.3 Å². The number of aromatic nitrogens is 6. The van der Waals surface area contributed by atoms with E-state index in [1.165, 1.54) is 4.52 Å². The molecule has 1 fully saturated rings. The van der Waals surface area contributed by atoms with Crippen molar-refractivity contribution in [2.45, 2.75) is 50.3 Å². The summed E-state index contributed by atoms with van der Waals surface area (Å²) in [6.07, 6.45) is 5.87. The molecule has 4 aromatic heterocycles. The van der Waals surface area contributed by atoms with Crippen LogP contribution < -0.4 is 11.1 Å². The number of carbonyl (C=O) groups is 1.